The highest BCUT2D eigenvalue weighted by molar-refractivity contribution is 5.73. The Balaban J connectivity index is 3.37. The number of carbonyl (C=O) groups is 1. The minimum atomic E-state index is -0.232. The van der Waals surface area contributed by atoms with Gasteiger partial charge in [0.2, 0.25) is 5.91 Å². The molecule has 0 saturated heterocycles. The van der Waals surface area contributed by atoms with E-state index in [1.165, 1.54) is 0 Å². The van der Waals surface area contributed by atoms with E-state index in [2.05, 4.69) is 6.58 Å². The fraction of sp³-hybridized carbons (Fsp3) is 0.571. The molecule has 0 radical (unpaired) electrons. The second-order valence-corrected chi connectivity index (χ2v) is 2.30. The molecule has 0 rings (SSSR count). The molecular formula is C7H13NO. The van der Waals surface area contributed by atoms with Crippen LogP contribution in [0.5, 0.6) is 0 Å². The van der Waals surface area contributed by atoms with Crippen molar-refractivity contribution >= 4 is 5.91 Å². The normalized spacial score (nSPS) is 12.6. The summed E-state index contributed by atoms with van der Waals surface area (Å²) in [6.45, 7) is 5.53. The fourth-order valence-electron chi connectivity index (χ4n) is 0.711. The number of carbonyl (C=O) groups excluding carboxylic acids is 1. The minimum Gasteiger partial charge on any atom is -0.370 e. The molecule has 0 heterocycles. The number of allylic oxidation sites excluding steroid dienone is 1. The zero-order valence-corrected chi connectivity index (χ0v) is 5.76. The fourth-order valence-corrected chi connectivity index (χ4v) is 0.711. The molecule has 0 aliphatic carbocycles. The summed E-state index contributed by atoms with van der Waals surface area (Å²) in [4.78, 5) is 10.3. The Morgan fingerprint density at radius 1 is 1.89 bits per heavy atom. The maximum atomic E-state index is 10.3. The molecule has 1 atom stereocenters. The number of hydrogen-bond acceptors (Lipinski definition) is 1. The molecule has 0 aromatic carbocycles. The third-order valence-corrected chi connectivity index (χ3v) is 1.12. The summed E-state index contributed by atoms with van der Waals surface area (Å²) in [6, 6.07) is 0. The largest absolute Gasteiger partial charge is 0.370 e. The number of primary amides is 1. The predicted molar refractivity (Wildman–Crippen MR) is 37.8 cm³/mol. The molecule has 2 N–H and O–H groups in total. The van der Waals surface area contributed by atoms with Crippen LogP contribution in [0.1, 0.15) is 19.8 Å². The van der Waals surface area contributed by atoms with Gasteiger partial charge < -0.3 is 5.73 Å². The Morgan fingerprint density at radius 3 is 2.78 bits per heavy atom. The second kappa shape index (κ2) is 4.13. The van der Waals surface area contributed by atoms with Gasteiger partial charge in [-0.15, -0.1) is 6.58 Å². The van der Waals surface area contributed by atoms with Crippen LogP contribution >= 0.6 is 0 Å². The molecule has 0 fully saturated rings. The van der Waals surface area contributed by atoms with E-state index in [0.717, 1.165) is 6.42 Å². The Labute approximate surface area is 55.7 Å². The van der Waals surface area contributed by atoms with Crippen molar-refractivity contribution in [2.75, 3.05) is 0 Å². The summed E-state index contributed by atoms with van der Waals surface area (Å²) in [5.74, 6) is 0.115. The third-order valence-electron chi connectivity index (χ3n) is 1.12. The van der Waals surface area contributed by atoms with Crippen LogP contribution in [-0.2, 0) is 4.79 Å². The number of hydrogen-bond donors (Lipinski definition) is 1. The lowest BCUT2D eigenvalue weighted by Crippen LogP contribution is -2.14. The van der Waals surface area contributed by atoms with E-state index in [1.54, 1.807) is 6.08 Å². The van der Waals surface area contributed by atoms with Gasteiger partial charge >= 0.3 is 0 Å². The van der Waals surface area contributed by atoms with E-state index >= 15 is 0 Å². The predicted octanol–water partition coefficient (Wildman–Crippen LogP) is 1.07. The maximum Gasteiger partial charge on any atom is 0.217 e. The molecule has 52 valence electrons. The van der Waals surface area contributed by atoms with E-state index in [9.17, 15) is 4.79 Å². The maximum absolute atomic E-state index is 10.3. The molecule has 2 nitrogen and oxygen atoms in total. The van der Waals surface area contributed by atoms with Crippen LogP contribution in [0, 0.1) is 5.92 Å². The van der Waals surface area contributed by atoms with Gasteiger partial charge in [0.05, 0.1) is 0 Å². The number of rotatable bonds is 4. The molecule has 0 aliphatic heterocycles. The van der Waals surface area contributed by atoms with Gasteiger partial charge in [-0.05, 0) is 12.3 Å². The van der Waals surface area contributed by atoms with Gasteiger partial charge in [0.1, 0.15) is 0 Å². The van der Waals surface area contributed by atoms with Gasteiger partial charge in [0, 0.05) is 6.42 Å². The highest BCUT2D eigenvalue weighted by atomic mass is 16.1. The van der Waals surface area contributed by atoms with Gasteiger partial charge in [-0.2, -0.15) is 0 Å². The van der Waals surface area contributed by atoms with Gasteiger partial charge in [-0.3, -0.25) is 4.79 Å². The van der Waals surface area contributed by atoms with Crippen LogP contribution in [0.15, 0.2) is 12.7 Å². The first kappa shape index (κ1) is 8.21. The van der Waals surface area contributed by atoms with E-state index in [0.29, 0.717) is 12.3 Å². The Kier molecular flexibility index (Phi) is 3.76. The molecule has 0 bridgehead atoms. The van der Waals surface area contributed by atoms with Gasteiger partial charge in [-0.1, -0.05) is 13.0 Å². The van der Waals surface area contributed by atoms with E-state index in [4.69, 9.17) is 5.73 Å². The van der Waals surface area contributed by atoms with Crippen LogP contribution in [0.2, 0.25) is 0 Å². The monoisotopic (exact) mass is 127 g/mol. The van der Waals surface area contributed by atoms with Gasteiger partial charge in [0.25, 0.3) is 0 Å². The summed E-state index contributed by atoms with van der Waals surface area (Å²) in [6.07, 6.45) is 3.13. The second-order valence-electron chi connectivity index (χ2n) is 2.30. The standard InChI is InChI=1S/C7H13NO/c1-3-4-6(2)5-7(8)9/h3,6H,1,4-5H2,2H3,(H2,8,9). The SMILES string of the molecule is C=CCC(C)CC(N)=O. The molecule has 2 heteroatoms. The molecule has 0 aromatic heterocycles. The van der Waals surface area contributed by atoms with Gasteiger partial charge in [-0.25, -0.2) is 0 Å². The van der Waals surface area contributed by atoms with E-state index < -0.39 is 0 Å². The summed E-state index contributed by atoms with van der Waals surface area (Å²) >= 11 is 0. The lowest BCUT2D eigenvalue weighted by atomic mass is 10.0. The highest BCUT2D eigenvalue weighted by Gasteiger charge is 2.01. The first-order chi connectivity index (χ1) is 4.16. The van der Waals surface area contributed by atoms with Crippen LogP contribution in [0.4, 0.5) is 0 Å². The molecule has 0 aliphatic rings. The molecule has 0 saturated carbocycles. The highest BCUT2D eigenvalue weighted by Crippen LogP contribution is 2.05. The molecule has 0 spiro atoms. The molecule has 1 unspecified atom stereocenters. The average molecular weight is 127 g/mol. The lowest BCUT2D eigenvalue weighted by Gasteiger charge is -2.02. The van der Waals surface area contributed by atoms with Crippen molar-refractivity contribution in [1.29, 1.82) is 0 Å². The van der Waals surface area contributed by atoms with Crippen LogP contribution in [0.25, 0.3) is 0 Å². The Hall–Kier alpha value is -0.790. The van der Waals surface area contributed by atoms with E-state index in [-0.39, 0.29) is 5.91 Å². The summed E-state index contributed by atoms with van der Waals surface area (Å²) in [5, 5.41) is 0. The van der Waals surface area contributed by atoms with E-state index in [1.807, 2.05) is 6.92 Å². The first-order valence-corrected chi connectivity index (χ1v) is 3.06. The van der Waals surface area contributed by atoms with Crippen molar-refractivity contribution in [3.8, 4) is 0 Å². The van der Waals surface area contributed by atoms with Crippen molar-refractivity contribution in [1.82, 2.24) is 0 Å². The smallest absolute Gasteiger partial charge is 0.217 e. The van der Waals surface area contributed by atoms with Crippen molar-refractivity contribution in [3.63, 3.8) is 0 Å². The van der Waals surface area contributed by atoms with Crippen molar-refractivity contribution in [2.24, 2.45) is 11.7 Å². The molecule has 1 amide bonds. The first-order valence-electron chi connectivity index (χ1n) is 3.06. The minimum absolute atomic E-state index is 0.232. The summed E-state index contributed by atoms with van der Waals surface area (Å²) in [5.41, 5.74) is 4.95. The average Bonchev–Trinajstić information content (AvgIpc) is 1.63. The van der Waals surface area contributed by atoms with Crippen molar-refractivity contribution < 1.29 is 4.79 Å². The van der Waals surface area contributed by atoms with Crippen LogP contribution in [0.3, 0.4) is 0 Å². The summed E-state index contributed by atoms with van der Waals surface area (Å²) < 4.78 is 0. The molecular weight excluding hydrogens is 114 g/mol. The number of nitrogens with two attached hydrogens (primary N) is 1. The Bertz CT molecular complexity index is 109. The van der Waals surface area contributed by atoms with Crippen LogP contribution < -0.4 is 5.73 Å². The zero-order valence-electron chi connectivity index (χ0n) is 5.76. The number of amides is 1. The Morgan fingerprint density at radius 2 is 2.44 bits per heavy atom. The van der Waals surface area contributed by atoms with Gasteiger partial charge in [0.15, 0.2) is 0 Å². The molecule has 9 heavy (non-hydrogen) atoms. The topological polar surface area (TPSA) is 43.1 Å². The van der Waals surface area contributed by atoms with Crippen molar-refractivity contribution in [2.45, 2.75) is 19.8 Å². The zero-order chi connectivity index (χ0) is 7.28. The summed E-state index contributed by atoms with van der Waals surface area (Å²) in [7, 11) is 0. The quantitative estimate of drug-likeness (QED) is 0.564. The third kappa shape index (κ3) is 5.07. The molecule has 0 aromatic rings. The van der Waals surface area contributed by atoms with Crippen LogP contribution in [-0.4, -0.2) is 5.91 Å². The van der Waals surface area contributed by atoms with Crippen molar-refractivity contribution in [3.05, 3.63) is 12.7 Å². The lowest BCUT2D eigenvalue weighted by molar-refractivity contribution is -0.118.